The Morgan fingerprint density at radius 3 is 2.50 bits per heavy atom. The second-order valence-electron chi connectivity index (χ2n) is 2.21. The molecule has 0 fully saturated rings. The highest BCUT2D eigenvalue weighted by atomic mass is 16.6. The monoisotopic (exact) mass is 201 g/mol. The molecule has 0 radical (unpaired) electrons. The molecule has 0 aliphatic rings. The van der Waals surface area contributed by atoms with Crippen LogP contribution in [0.1, 0.15) is 19.5 Å². The second-order valence-corrected chi connectivity index (χ2v) is 2.21. The zero-order chi connectivity index (χ0) is 10.8. The lowest BCUT2D eigenvalue weighted by molar-refractivity contribution is -0.128. The van der Waals surface area contributed by atoms with Crippen LogP contribution in [-0.2, 0) is 9.53 Å². The minimum Gasteiger partial charge on any atom is -0.468 e. The van der Waals surface area contributed by atoms with Crippen LogP contribution in [0.3, 0.4) is 0 Å². The highest BCUT2D eigenvalue weighted by Gasteiger charge is 2.00. The summed E-state index contributed by atoms with van der Waals surface area (Å²) < 4.78 is 14.1. The third-order valence-corrected chi connectivity index (χ3v) is 1.21. The van der Waals surface area contributed by atoms with Crippen molar-refractivity contribution in [3.05, 3.63) is 12.1 Å². The van der Waals surface area contributed by atoms with Gasteiger partial charge in [0.15, 0.2) is 6.39 Å². The molecule has 0 bridgehead atoms. The molecule has 0 aliphatic heterocycles. The summed E-state index contributed by atoms with van der Waals surface area (Å²) in [6, 6.07) is 0. The van der Waals surface area contributed by atoms with Gasteiger partial charge in [0.1, 0.15) is 5.69 Å². The van der Waals surface area contributed by atoms with E-state index in [4.69, 9.17) is 9.15 Å². The van der Waals surface area contributed by atoms with E-state index in [1.807, 2.05) is 13.8 Å². The van der Waals surface area contributed by atoms with Gasteiger partial charge in [-0.05, 0) is 20.8 Å². The van der Waals surface area contributed by atoms with Gasteiger partial charge in [0.05, 0.1) is 13.2 Å². The molecular weight excluding hydrogens is 186 g/mol. The molecule has 0 N–H and O–H groups in total. The quantitative estimate of drug-likeness (QED) is 0.692. The SMILES string of the molecule is CCOC=O.CCOc1ocnc1C. The van der Waals surface area contributed by atoms with E-state index < -0.39 is 0 Å². The Balaban J connectivity index is 0.000000292. The summed E-state index contributed by atoms with van der Waals surface area (Å²) in [7, 11) is 0. The molecule has 1 heterocycles. The molecule has 14 heavy (non-hydrogen) atoms. The van der Waals surface area contributed by atoms with Crippen molar-refractivity contribution in [3.8, 4) is 5.95 Å². The molecule has 1 aromatic rings. The number of nitrogens with zero attached hydrogens (tertiary/aromatic N) is 1. The first-order valence-corrected chi connectivity index (χ1v) is 4.34. The number of aryl methyl sites for hydroxylation is 1. The normalized spacial score (nSPS) is 8.50. The highest BCUT2D eigenvalue weighted by molar-refractivity contribution is 5.36. The molecule has 0 aliphatic carbocycles. The Bertz CT molecular complexity index is 247. The van der Waals surface area contributed by atoms with Gasteiger partial charge in [0, 0.05) is 0 Å². The minimum atomic E-state index is 0.431. The third-order valence-electron chi connectivity index (χ3n) is 1.21. The third kappa shape index (κ3) is 5.18. The summed E-state index contributed by atoms with van der Waals surface area (Å²) in [6.07, 6.45) is 1.38. The van der Waals surface area contributed by atoms with Crippen molar-refractivity contribution in [2.75, 3.05) is 13.2 Å². The van der Waals surface area contributed by atoms with E-state index in [1.165, 1.54) is 6.39 Å². The van der Waals surface area contributed by atoms with Crippen molar-refractivity contribution in [2.45, 2.75) is 20.8 Å². The van der Waals surface area contributed by atoms with Gasteiger partial charge in [0.25, 0.3) is 6.47 Å². The van der Waals surface area contributed by atoms with Crippen molar-refractivity contribution in [3.63, 3.8) is 0 Å². The van der Waals surface area contributed by atoms with Gasteiger partial charge in [-0.25, -0.2) is 4.98 Å². The van der Waals surface area contributed by atoms with Gasteiger partial charge in [-0.1, -0.05) is 0 Å². The number of rotatable bonds is 4. The molecular formula is C9H15NO4. The van der Waals surface area contributed by atoms with Gasteiger partial charge >= 0.3 is 5.95 Å². The van der Waals surface area contributed by atoms with Gasteiger partial charge in [-0.3, -0.25) is 4.79 Å². The molecule has 80 valence electrons. The van der Waals surface area contributed by atoms with Crippen LogP contribution in [-0.4, -0.2) is 24.7 Å². The lowest BCUT2D eigenvalue weighted by atomic mass is 10.5. The van der Waals surface area contributed by atoms with E-state index in [1.54, 1.807) is 6.92 Å². The Hall–Kier alpha value is -1.52. The Morgan fingerprint density at radius 2 is 2.21 bits per heavy atom. The zero-order valence-corrected chi connectivity index (χ0v) is 8.65. The lowest BCUT2D eigenvalue weighted by Crippen LogP contribution is -1.90. The van der Waals surface area contributed by atoms with Crippen LogP contribution < -0.4 is 4.74 Å². The fourth-order valence-corrected chi connectivity index (χ4v) is 0.629. The van der Waals surface area contributed by atoms with Gasteiger partial charge < -0.3 is 13.9 Å². The summed E-state index contributed by atoms with van der Waals surface area (Å²) in [4.78, 5) is 13.0. The number of aromatic nitrogens is 1. The first-order valence-electron chi connectivity index (χ1n) is 4.34. The average molecular weight is 201 g/mol. The van der Waals surface area contributed by atoms with E-state index in [-0.39, 0.29) is 0 Å². The number of hydrogen-bond donors (Lipinski definition) is 0. The molecule has 0 unspecified atom stereocenters. The molecule has 1 rings (SSSR count). The number of carbonyl (C=O) groups excluding carboxylic acids is 1. The average Bonchev–Trinajstić information content (AvgIpc) is 2.55. The number of hydrogen-bond acceptors (Lipinski definition) is 5. The Labute approximate surface area is 83.0 Å². The predicted octanol–water partition coefficient (Wildman–Crippen LogP) is 1.56. The Morgan fingerprint density at radius 1 is 1.50 bits per heavy atom. The van der Waals surface area contributed by atoms with Crippen LogP contribution >= 0.6 is 0 Å². The van der Waals surface area contributed by atoms with Crippen LogP contribution in [0.15, 0.2) is 10.8 Å². The number of ether oxygens (including phenoxy) is 2. The number of carbonyl (C=O) groups is 1. The van der Waals surface area contributed by atoms with Crippen molar-refractivity contribution >= 4 is 6.47 Å². The molecule has 5 nitrogen and oxygen atoms in total. The van der Waals surface area contributed by atoms with Crippen molar-refractivity contribution in [1.82, 2.24) is 4.98 Å². The van der Waals surface area contributed by atoms with E-state index in [2.05, 4.69) is 9.72 Å². The van der Waals surface area contributed by atoms with E-state index >= 15 is 0 Å². The van der Waals surface area contributed by atoms with E-state index in [9.17, 15) is 4.79 Å². The first-order chi connectivity index (χ1) is 6.76. The van der Waals surface area contributed by atoms with Gasteiger partial charge in [-0.2, -0.15) is 0 Å². The molecule has 0 amide bonds. The maximum absolute atomic E-state index is 9.18. The van der Waals surface area contributed by atoms with E-state index in [0.717, 1.165) is 5.69 Å². The van der Waals surface area contributed by atoms with E-state index in [0.29, 0.717) is 25.6 Å². The number of oxazole rings is 1. The molecule has 0 aromatic carbocycles. The van der Waals surface area contributed by atoms with Crippen molar-refractivity contribution in [1.29, 1.82) is 0 Å². The van der Waals surface area contributed by atoms with Crippen LogP contribution in [0.25, 0.3) is 0 Å². The van der Waals surface area contributed by atoms with Gasteiger partial charge in [-0.15, -0.1) is 0 Å². The molecule has 0 saturated heterocycles. The second kappa shape index (κ2) is 8.10. The van der Waals surface area contributed by atoms with Crippen LogP contribution in [0, 0.1) is 6.92 Å². The van der Waals surface area contributed by atoms with Crippen LogP contribution in [0.2, 0.25) is 0 Å². The molecule has 0 saturated carbocycles. The van der Waals surface area contributed by atoms with Crippen LogP contribution in [0.4, 0.5) is 0 Å². The fraction of sp³-hybridized carbons (Fsp3) is 0.556. The summed E-state index contributed by atoms with van der Waals surface area (Å²) in [5.41, 5.74) is 0.803. The maximum Gasteiger partial charge on any atom is 0.308 e. The highest BCUT2D eigenvalue weighted by Crippen LogP contribution is 2.13. The predicted molar refractivity (Wildman–Crippen MR) is 50.1 cm³/mol. The fourth-order valence-electron chi connectivity index (χ4n) is 0.629. The first kappa shape index (κ1) is 12.5. The summed E-state index contributed by atoms with van der Waals surface area (Å²) in [6.45, 7) is 7.03. The molecule has 1 aromatic heterocycles. The molecule has 5 heteroatoms. The summed E-state index contributed by atoms with van der Waals surface area (Å²) in [5.74, 6) is 0.525. The lowest BCUT2D eigenvalue weighted by Gasteiger charge is -1.94. The molecule has 0 spiro atoms. The maximum atomic E-state index is 9.18. The van der Waals surface area contributed by atoms with Gasteiger partial charge in [0.2, 0.25) is 0 Å². The van der Waals surface area contributed by atoms with Crippen molar-refractivity contribution < 1.29 is 18.7 Å². The smallest absolute Gasteiger partial charge is 0.308 e. The van der Waals surface area contributed by atoms with Crippen LogP contribution in [0.5, 0.6) is 5.95 Å². The molecule has 0 atom stereocenters. The zero-order valence-electron chi connectivity index (χ0n) is 8.65. The summed E-state index contributed by atoms with van der Waals surface area (Å²) >= 11 is 0. The topological polar surface area (TPSA) is 61.6 Å². The van der Waals surface area contributed by atoms with Crippen molar-refractivity contribution in [2.24, 2.45) is 0 Å². The summed E-state index contributed by atoms with van der Waals surface area (Å²) in [5, 5.41) is 0. The largest absolute Gasteiger partial charge is 0.468 e. The minimum absolute atomic E-state index is 0.431. The Kier molecular flexibility index (Phi) is 7.22. The standard InChI is InChI=1S/C6H9NO2.C3H6O2/c1-3-8-6-5(2)7-4-9-6;1-2-5-3-4/h4H,3H2,1-2H3;3H,2H2,1H3.